The Morgan fingerprint density at radius 3 is 3.25 bits per heavy atom. The summed E-state index contributed by atoms with van der Waals surface area (Å²) < 4.78 is 11.0. The first-order chi connectivity index (χ1) is 9.86. The molecule has 20 heavy (non-hydrogen) atoms. The molecule has 1 atom stereocenters. The van der Waals surface area contributed by atoms with Gasteiger partial charge in [0, 0.05) is 36.4 Å². The van der Waals surface area contributed by atoms with Crippen LogP contribution < -0.4 is 14.8 Å². The van der Waals surface area contributed by atoms with Gasteiger partial charge in [-0.1, -0.05) is 0 Å². The summed E-state index contributed by atoms with van der Waals surface area (Å²) in [4.78, 5) is 4.30. The first-order valence-corrected chi connectivity index (χ1v) is 7.72. The predicted molar refractivity (Wildman–Crippen MR) is 79.7 cm³/mol. The van der Waals surface area contributed by atoms with E-state index in [0.717, 1.165) is 43.2 Å². The number of ether oxygens (including phenoxy) is 2. The smallest absolute Gasteiger partial charge is 0.124 e. The molecule has 0 bridgehead atoms. The van der Waals surface area contributed by atoms with E-state index in [1.165, 1.54) is 5.56 Å². The van der Waals surface area contributed by atoms with Gasteiger partial charge in [0.05, 0.1) is 24.9 Å². The molecule has 0 radical (unpaired) electrons. The third-order valence-electron chi connectivity index (χ3n) is 3.51. The Bertz CT molecular complexity index is 557. The molecule has 1 unspecified atom stereocenters. The second kappa shape index (κ2) is 6.24. The van der Waals surface area contributed by atoms with Gasteiger partial charge in [-0.15, -0.1) is 11.3 Å². The molecule has 1 aromatic heterocycles. The van der Waals surface area contributed by atoms with Gasteiger partial charge in [-0.05, 0) is 18.2 Å². The van der Waals surface area contributed by atoms with Crippen LogP contribution in [0.5, 0.6) is 11.5 Å². The summed E-state index contributed by atoms with van der Waals surface area (Å²) in [5.41, 5.74) is 4.22. The fraction of sp³-hybridized carbons (Fsp3) is 0.400. The molecule has 4 nitrogen and oxygen atoms in total. The van der Waals surface area contributed by atoms with E-state index in [1.54, 1.807) is 18.4 Å². The molecule has 2 heterocycles. The Kier molecular flexibility index (Phi) is 4.18. The van der Waals surface area contributed by atoms with E-state index in [-0.39, 0.29) is 0 Å². The largest absolute Gasteiger partial charge is 0.497 e. The fourth-order valence-electron chi connectivity index (χ4n) is 2.45. The van der Waals surface area contributed by atoms with E-state index in [0.29, 0.717) is 6.04 Å². The highest BCUT2D eigenvalue weighted by Crippen LogP contribution is 2.34. The molecule has 1 aliphatic heterocycles. The number of benzene rings is 1. The molecule has 0 saturated carbocycles. The van der Waals surface area contributed by atoms with Crippen molar-refractivity contribution in [2.45, 2.75) is 18.9 Å². The number of nitrogens with zero attached hydrogens (tertiary/aromatic N) is 1. The van der Waals surface area contributed by atoms with E-state index >= 15 is 0 Å². The maximum atomic E-state index is 5.70. The summed E-state index contributed by atoms with van der Waals surface area (Å²) in [5, 5.41) is 5.70. The van der Waals surface area contributed by atoms with Crippen LogP contribution in [-0.2, 0) is 6.42 Å². The zero-order valence-electron chi connectivity index (χ0n) is 11.5. The van der Waals surface area contributed by atoms with Gasteiger partial charge in [0.2, 0.25) is 0 Å². The SMILES string of the molecule is COc1ccc2c(c1)C(NCCc1cscn1)CCO2. The molecular weight excluding hydrogens is 272 g/mol. The molecule has 0 saturated heterocycles. The van der Waals surface area contributed by atoms with Crippen LogP contribution in [0.3, 0.4) is 0 Å². The minimum Gasteiger partial charge on any atom is -0.497 e. The van der Waals surface area contributed by atoms with Crippen molar-refractivity contribution < 1.29 is 9.47 Å². The minimum atomic E-state index is 0.326. The van der Waals surface area contributed by atoms with Crippen LogP contribution in [0.25, 0.3) is 0 Å². The highest BCUT2D eigenvalue weighted by molar-refractivity contribution is 7.07. The van der Waals surface area contributed by atoms with Gasteiger partial charge in [0.15, 0.2) is 0 Å². The summed E-state index contributed by atoms with van der Waals surface area (Å²) in [6.07, 6.45) is 1.94. The van der Waals surface area contributed by atoms with Crippen molar-refractivity contribution in [2.75, 3.05) is 20.3 Å². The quantitative estimate of drug-likeness (QED) is 0.919. The second-order valence-corrected chi connectivity index (χ2v) is 5.50. The van der Waals surface area contributed by atoms with E-state index < -0.39 is 0 Å². The number of thiazole rings is 1. The summed E-state index contributed by atoms with van der Waals surface area (Å²) in [7, 11) is 1.69. The van der Waals surface area contributed by atoms with E-state index in [4.69, 9.17) is 9.47 Å². The van der Waals surface area contributed by atoms with Crippen LogP contribution >= 0.6 is 11.3 Å². The second-order valence-electron chi connectivity index (χ2n) is 4.78. The number of rotatable bonds is 5. The van der Waals surface area contributed by atoms with Gasteiger partial charge in [-0.25, -0.2) is 4.98 Å². The van der Waals surface area contributed by atoms with Crippen LogP contribution in [0.1, 0.15) is 23.7 Å². The van der Waals surface area contributed by atoms with Crippen LogP contribution in [0.4, 0.5) is 0 Å². The summed E-state index contributed by atoms with van der Waals surface area (Å²) in [5.74, 6) is 1.84. The average Bonchev–Trinajstić information content (AvgIpc) is 3.00. The van der Waals surface area contributed by atoms with Crippen molar-refractivity contribution in [1.82, 2.24) is 10.3 Å². The Balaban J connectivity index is 1.66. The molecule has 0 spiro atoms. The van der Waals surface area contributed by atoms with Gasteiger partial charge in [0.1, 0.15) is 11.5 Å². The Morgan fingerprint density at radius 1 is 1.50 bits per heavy atom. The number of hydrogen-bond donors (Lipinski definition) is 1. The van der Waals surface area contributed by atoms with Crippen molar-refractivity contribution in [3.8, 4) is 11.5 Å². The number of hydrogen-bond acceptors (Lipinski definition) is 5. The van der Waals surface area contributed by atoms with E-state index in [2.05, 4.69) is 21.7 Å². The third-order valence-corrected chi connectivity index (χ3v) is 4.15. The fourth-order valence-corrected chi connectivity index (χ4v) is 3.04. The minimum absolute atomic E-state index is 0.326. The molecular formula is C15H18N2O2S. The number of aromatic nitrogens is 1. The normalized spacial score (nSPS) is 17.4. The molecule has 1 aromatic carbocycles. The third kappa shape index (κ3) is 2.94. The Morgan fingerprint density at radius 2 is 2.45 bits per heavy atom. The lowest BCUT2D eigenvalue weighted by molar-refractivity contribution is 0.252. The predicted octanol–water partition coefficient (Wildman–Crippen LogP) is 2.81. The molecule has 1 N–H and O–H groups in total. The van der Waals surface area contributed by atoms with Gasteiger partial charge in [-0.3, -0.25) is 0 Å². The van der Waals surface area contributed by atoms with Gasteiger partial charge in [0.25, 0.3) is 0 Å². The number of fused-ring (bicyclic) bond motifs is 1. The van der Waals surface area contributed by atoms with Gasteiger partial charge < -0.3 is 14.8 Å². The highest BCUT2D eigenvalue weighted by atomic mass is 32.1. The van der Waals surface area contributed by atoms with E-state index in [1.807, 2.05) is 17.6 Å². The highest BCUT2D eigenvalue weighted by Gasteiger charge is 2.21. The molecule has 106 valence electrons. The van der Waals surface area contributed by atoms with Gasteiger partial charge >= 0.3 is 0 Å². The Labute approximate surface area is 122 Å². The van der Waals surface area contributed by atoms with Crippen LogP contribution in [0, 0.1) is 0 Å². The van der Waals surface area contributed by atoms with Crippen LogP contribution in [0.2, 0.25) is 0 Å². The zero-order chi connectivity index (χ0) is 13.8. The summed E-state index contributed by atoms with van der Waals surface area (Å²) in [6.45, 7) is 1.68. The monoisotopic (exact) mass is 290 g/mol. The number of methoxy groups -OCH3 is 1. The molecule has 2 aromatic rings. The topological polar surface area (TPSA) is 43.4 Å². The van der Waals surface area contributed by atoms with Crippen LogP contribution in [-0.4, -0.2) is 25.2 Å². The van der Waals surface area contributed by atoms with Crippen molar-refractivity contribution in [3.05, 3.63) is 40.3 Å². The standard InChI is InChI=1S/C15H18N2O2S/c1-18-12-2-3-15-13(8-12)14(5-7-19-15)16-6-4-11-9-20-10-17-11/h2-3,8-10,14,16H,4-7H2,1H3. The van der Waals surface area contributed by atoms with Gasteiger partial charge in [-0.2, -0.15) is 0 Å². The molecule has 3 rings (SSSR count). The van der Waals surface area contributed by atoms with E-state index in [9.17, 15) is 0 Å². The van der Waals surface area contributed by atoms with Crippen molar-refractivity contribution in [1.29, 1.82) is 0 Å². The van der Waals surface area contributed by atoms with Crippen molar-refractivity contribution in [2.24, 2.45) is 0 Å². The lowest BCUT2D eigenvalue weighted by atomic mass is 10.00. The van der Waals surface area contributed by atoms with Crippen molar-refractivity contribution >= 4 is 11.3 Å². The Hall–Kier alpha value is -1.59. The average molecular weight is 290 g/mol. The zero-order valence-corrected chi connectivity index (χ0v) is 12.3. The van der Waals surface area contributed by atoms with Crippen molar-refractivity contribution in [3.63, 3.8) is 0 Å². The molecule has 5 heteroatoms. The molecule has 0 fully saturated rings. The molecule has 0 aliphatic carbocycles. The molecule has 0 amide bonds. The maximum absolute atomic E-state index is 5.70. The number of nitrogens with one attached hydrogen (secondary N) is 1. The summed E-state index contributed by atoms with van der Waals surface area (Å²) >= 11 is 1.64. The molecule has 1 aliphatic rings. The lowest BCUT2D eigenvalue weighted by Crippen LogP contribution is -2.28. The summed E-state index contributed by atoms with van der Waals surface area (Å²) in [6, 6.07) is 6.32. The first kappa shape index (κ1) is 13.4. The maximum Gasteiger partial charge on any atom is 0.124 e. The lowest BCUT2D eigenvalue weighted by Gasteiger charge is -2.27. The first-order valence-electron chi connectivity index (χ1n) is 6.78. The van der Waals surface area contributed by atoms with Crippen LogP contribution in [0.15, 0.2) is 29.1 Å².